The normalized spacial score (nSPS) is 17.9. The van der Waals surface area contributed by atoms with Gasteiger partial charge in [-0.3, -0.25) is 14.5 Å². The fourth-order valence-corrected chi connectivity index (χ4v) is 2.36. The summed E-state index contributed by atoms with van der Waals surface area (Å²) >= 11 is 0. The van der Waals surface area contributed by atoms with E-state index in [-0.39, 0.29) is 12.0 Å². The van der Waals surface area contributed by atoms with Crippen molar-refractivity contribution in [3.8, 4) is 0 Å². The van der Waals surface area contributed by atoms with Gasteiger partial charge in [-0.1, -0.05) is 6.07 Å². The summed E-state index contributed by atoms with van der Waals surface area (Å²) in [6, 6.07) is 3.71. The molecule has 0 unspecified atom stereocenters. The van der Waals surface area contributed by atoms with Crippen molar-refractivity contribution in [2.75, 3.05) is 11.9 Å². The molecule has 0 spiro atoms. The second-order valence-corrected chi connectivity index (χ2v) is 5.20. The first kappa shape index (κ1) is 14.5. The number of amides is 1. The molecule has 2 aromatic heterocycles. The van der Waals surface area contributed by atoms with Gasteiger partial charge in [0.1, 0.15) is 0 Å². The van der Waals surface area contributed by atoms with Crippen LogP contribution in [0, 0.1) is 0 Å². The van der Waals surface area contributed by atoms with Crippen LogP contribution < -0.4 is 5.32 Å². The highest BCUT2D eigenvalue weighted by atomic mass is 16.5. The highest BCUT2D eigenvalue weighted by Gasteiger charge is 2.16. The van der Waals surface area contributed by atoms with Crippen molar-refractivity contribution in [2.45, 2.75) is 25.5 Å². The summed E-state index contributed by atoms with van der Waals surface area (Å²) in [5.74, 6) is -0.194. The molecule has 6 nitrogen and oxygen atoms in total. The third-order valence-electron chi connectivity index (χ3n) is 3.43. The summed E-state index contributed by atoms with van der Waals surface area (Å²) in [5, 5.41) is 7.03. The Hall–Kier alpha value is -2.47. The molecular weight excluding hydrogens is 280 g/mol. The van der Waals surface area contributed by atoms with Crippen LogP contribution >= 0.6 is 0 Å². The Balaban J connectivity index is 1.53. The van der Waals surface area contributed by atoms with Crippen molar-refractivity contribution in [1.82, 2.24) is 14.8 Å². The van der Waals surface area contributed by atoms with Crippen LogP contribution in [0.5, 0.6) is 0 Å². The van der Waals surface area contributed by atoms with Crippen LogP contribution in [0.2, 0.25) is 0 Å². The third-order valence-corrected chi connectivity index (χ3v) is 3.43. The monoisotopic (exact) mass is 298 g/mol. The fraction of sp³-hybridized carbons (Fsp3) is 0.312. The Morgan fingerprint density at radius 2 is 2.45 bits per heavy atom. The Kier molecular flexibility index (Phi) is 4.60. The van der Waals surface area contributed by atoms with Crippen LogP contribution in [-0.2, 0) is 16.1 Å². The van der Waals surface area contributed by atoms with E-state index in [4.69, 9.17) is 4.74 Å². The zero-order valence-electron chi connectivity index (χ0n) is 12.2. The predicted molar refractivity (Wildman–Crippen MR) is 83.1 cm³/mol. The number of ether oxygens (including phenoxy) is 1. The maximum atomic E-state index is 11.9. The smallest absolute Gasteiger partial charge is 0.248 e. The molecule has 0 aromatic carbocycles. The van der Waals surface area contributed by atoms with Crippen LogP contribution in [0.1, 0.15) is 18.4 Å². The van der Waals surface area contributed by atoms with Crippen molar-refractivity contribution >= 4 is 17.7 Å². The highest BCUT2D eigenvalue weighted by Crippen LogP contribution is 2.15. The van der Waals surface area contributed by atoms with Crippen molar-refractivity contribution in [2.24, 2.45) is 0 Å². The molecule has 3 heterocycles. The largest absolute Gasteiger partial charge is 0.376 e. The molecule has 0 bridgehead atoms. The van der Waals surface area contributed by atoms with E-state index in [9.17, 15) is 4.79 Å². The van der Waals surface area contributed by atoms with Gasteiger partial charge >= 0.3 is 0 Å². The second kappa shape index (κ2) is 7.00. The molecule has 0 radical (unpaired) electrons. The second-order valence-electron chi connectivity index (χ2n) is 5.20. The predicted octanol–water partition coefficient (Wildman–Crippen LogP) is 2.11. The van der Waals surface area contributed by atoms with Crippen LogP contribution in [0.25, 0.3) is 6.08 Å². The van der Waals surface area contributed by atoms with E-state index in [1.165, 1.54) is 6.08 Å². The van der Waals surface area contributed by atoms with Gasteiger partial charge in [0.05, 0.1) is 24.5 Å². The van der Waals surface area contributed by atoms with Crippen molar-refractivity contribution in [1.29, 1.82) is 0 Å². The van der Waals surface area contributed by atoms with Crippen molar-refractivity contribution in [3.63, 3.8) is 0 Å². The third kappa shape index (κ3) is 4.02. The summed E-state index contributed by atoms with van der Waals surface area (Å²) in [6.45, 7) is 1.55. The molecule has 1 saturated heterocycles. The molecule has 114 valence electrons. The van der Waals surface area contributed by atoms with Gasteiger partial charge < -0.3 is 10.1 Å². The lowest BCUT2D eigenvalue weighted by molar-refractivity contribution is -0.111. The van der Waals surface area contributed by atoms with Gasteiger partial charge in [-0.15, -0.1) is 0 Å². The van der Waals surface area contributed by atoms with Gasteiger partial charge in [-0.2, -0.15) is 5.10 Å². The number of hydrogen-bond donors (Lipinski definition) is 1. The van der Waals surface area contributed by atoms with Gasteiger partial charge in [0, 0.05) is 31.3 Å². The minimum atomic E-state index is -0.194. The van der Waals surface area contributed by atoms with E-state index in [1.54, 1.807) is 29.3 Å². The van der Waals surface area contributed by atoms with E-state index < -0.39 is 0 Å². The number of anilines is 1. The lowest BCUT2D eigenvalue weighted by atomic mass is 10.2. The van der Waals surface area contributed by atoms with Crippen molar-refractivity contribution in [3.05, 3.63) is 48.6 Å². The fourth-order valence-electron chi connectivity index (χ4n) is 2.36. The van der Waals surface area contributed by atoms with E-state index in [0.717, 1.165) is 31.6 Å². The molecule has 0 saturated carbocycles. The molecule has 1 N–H and O–H groups in total. The van der Waals surface area contributed by atoms with Crippen LogP contribution in [0.4, 0.5) is 5.69 Å². The van der Waals surface area contributed by atoms with Crippen molar-refractivity contribution < 1.29 is 9.53 Å². The number of rotatable bonds is 5. The van der Waals surface area contributed by atoms with Gasteiger partial charge in [0.2, 0.25) is 5.91 Å². The van der Waals surface area contributed by atoms with E-state index in [1.807, 2.05) is 18.3 Å². The number of carbonyl (C=O) groups is 1. The molecule has 1 aliphatic rings. The van der Waals surface area contributed by atoms with Gasteiger partial charge in [0.15, 0.2) is 0 Å². The highest BCUT2D eigenvalue weighted by molar-refractivity contribution is 6.01. The Morgan fingerprint density at radius 3 is 3.23 bits per heavy atom. The summed E-state index contributed by atoms with van der Waals surface area (Å²) in [5.41, 5.74) is 1.56. The summed E-state index contributed by atoms with van der Waals surface area (Å²) in [7, 11) is 0. The number of nitrogens with one attached hydrogen (secondary N) is 1. The zero-order valence-corrected chi connectivity index (χ0v) is 12.2. The summed E-state index contributed by atoms with van der Waals surface area (Å²) < 4.78 is 7.37. The average Bonchev–Trinajstić information content (AvgIpc) is 3.19. The van der Waals surface area contributed by atoms with Gasteiger partial charge in [-0.25, -0.2) is 0 Å². The molecule has 22 heavy (non-hydrogen) atoms. The molecule has 1 amide bonds. The quantitative estimate of drug-likeness (QED) is 0.858. The minimum Gasteiger partial charge on any atom is -0.376 e. The number of aromatic nitrogens is 3. The summed E-state index contributed by atoms with van der Waals surface area (Å²) in [4.78, 5) is 15.9. The maximum Gasteiger partial charge on any atom is 0.248 e. The van der Waals surface area contributed by atoms with Crippen LogP contribution in [0.3, 0.4) is 0 Å². The summed E-state index contributed by atoms with van der Waals surface area (Å²) in [6.07, 6.45) is 12.5. The molecular formula is C16H18N4O2. The molecule has 1 fully saturated rings. The lowest BCUT2D eigenvalue weighted by Crippen LogP contribution is -2.15. The first-order chi connectivity index (χ1) is 10.8. The van der Waals surface area contributed by atoms with Crippen LogP contribution in [-0.4, -0.2) is 33.4 Å². The Labute approximate surface area is 128 Å². The molecule has 2 aromatic rings. The standard InChI is InChI=1S/C16H18N4O2/c21-16(6-5-13-3-1-7-17-9-13)19-14-10-18-20(11-14)12-15-4-2-8-22-15/h1,3,5-7,9-11,15H,2,4,8,12H2,(H,19,21)/b6-5+/t15-/m1/s1. The number of nitrogens with zero attached hydrogens (tertiary/aromatic N) is 3. The van der Waals surface area contributed by atoms with Crippen LogP contribution in [0.15, 0.2) is 43.0 Å². The molecule has 0 aliphatic carbocycles. The Morgan fingerprint density at radius 1 is 1.50 bits per heavy atom. The Bertz CT molecular complexity index is 645. The van der Waals surface area contributed by atoms with E-state index in [0.29, 0.717) is 5.69 Å². The van der Waals surface area contributed by atoms with Gasteiger partial charge in [-0.05, 0) is 30.5 Å². The maximum absolute atomic E-state index is 11.9. The average molecular weight is 298 g/mol. The SMILES string of the molecule is O=C(/C=C/c1cccnc1)Nc1cnn(C[C@H]2CCCO2)c1. The van der Waals surface area contributed by atoms with E-state index >= 15 is 0 Å². The number of hydrogen-bond acceptors (Lipinski definition) is 4. The number of pyridine rings is 1. The minimum absolute atomic E-state index is 0.194. The molecule has 6 heteroatoms. The molecule has 1 atom stereocenters. The molecule has 1 aliphatic heterocycles. The first-order valence-corrected chi connectivity index (χ1v) is 7.33. The van der Waals surface area contributed by atoms with Gasteiger partial charge in [0.25, 0.3) is 0 Å². The zero-order chi connectivity index (χ0) is 15.2. The lowest BCUT2D eigenvalue weighted by Gasteiger charge is -2.08. The van der Waals surface area contributed by atoms with E-state index in [2.05, 4.69) is 15.4 Å². The topological polar surface area (TPSA) is 69.0 Å². The first-order valence-electron chi connectivity index (χ1n) is 7.33. The number of carbonyl (C=O) groups excluding carboxylic acids is 1. The molecule has 3 rings (SSSR count).